The van der Waals surface area contributed by atoms with Gasteiger partial charge in [-0.25, -0.2) is 0 Å². The maximum Gasteiger partial charge on any atom is 0.255 e. The predicted octanol–water partition coefficient (Wildman–Crippen LogP) is -0.750. The topological polar surface area (TPSA) is 17.1 Å². The van der Waals surface area contributed by atoms with Gasteiger partial charge in [0.25, 0.3) is 22.6 Å². The smallest absolute Gasteiger partial charge is 0.255 e. The summed E-state index contributed by atoms with van der Waals surface area (Å²) in [5.74, 6) is 0.328. The average Bonchev–Trinajstić information content (AvgIpc) is 2.21. The lowest BCUT2D eigenvalue weighted by Gasteiger charge is -2.12. The van der Waals surface area contributed by atoms with Gasteiger partial charge in [0, 0.05) is 18.4 Å². The molecule has 0 spiro atoms. The van der Waals surface area contributed by atoms with Crippen molar-refractivity contribution in [3.8, 4) is 0 Å². The molecule has 0 aliphatic heterocycles. The molecular weight excluding hydrogens is 287 g/mol. The van der Waals surface area contributed by atoms with E-state index in [4.69, 9.17) is 0 Å². The Bertz CT molecular complexity index is 346. The van der Waals surface area contributed by atoms with Crippen molar-refractivity contribution in [2.45, 2.75) is 29.6 Å². The molecule has 1 nitrogen and oxygen atoms in total. The molecule has 1 unspecified atom stereocenters. The zero-order valence-electron chi connectivity index (χ0n) is 8.03. The Morgan fingerprint density at radius 1 is 1.14 bits per heavy atom. The highest BCUT2D eigenvalue weighted by molar-refractivity contribution is 5.97. The van der Waals surface area contributed by atoms with Crippen LogP contribution < -0.4 is 22.6 Å². The van der Waals surface area contributed by atoms with Gasteiger partial charge >= 0.3 is 0 Å². The molecular formula is C12H14IO+. The molecule has 74 valence electrons. The van der Waals surface area contributed by atoms with Crippen LogP contribution >= 0.6 is 0 Å². The number of halogens is 1. The Morgan fingerprint density at radius 3 is 2.71 bits per heavy atom. The van der Waals surface area contributed by atoms with Gasteiger partial charge in [-0.05, 0) is 18.4 Å². The second kappa shape index (κ2) is 4.43. The van der Waals surface area contributed by atoms with Crippen LogP contribution in [0.5, 0.6) is 0 Å². The summed E-state index contributed by atoms with van der Waals surface area (Å²) in [5, 5.41) is 0. The van der Waals surface area contributed by atoms with Crippen LogP contribution in [0.15, 0.2) is 24.3 Å². The lowest BCUT2D eigenvalue weighted by Crippen LogP contribution is -3.39. The van der Waals surface area contributed by atoms with Crippen LogP contribution in [0.4, 0.5) is 0 Å². The average molecular weight is 301 g/mol. The first-order valence-electron chi connectivity index (χ1n) is 5.04. The van der Waals surface area contributed by atoms with Crippen molar-refractivity contribution >= 4 is 5.78 Å². The lowest BCUT2D eigenvalue weighted by molar-refractivity contribution is -0.422. The van der Waals surface area contributed by atoms with E-state index in [0.29, 0.717) is 9.71 Å². The Morgan fingerprint density at radius 2 is 1.86 bits per heavy atom. The van der Waals surface area contributed by atoms with Gasteiger partial charge in [-0.3, -0.25) is 4.79 Å². The Balaban J connectivity index is 2.33. The molecule has 0 radical (unpaired) electrons. The number of rotatable bonds is 0. The van der Waals surface area contributed by atoms with Crippen LogP contribution in [0.25, 0.3) is 0 Å². The molecule has 1 aromatic carbocycles. The second-order valence-corrected chi connectivity index (χ2v) is 5.68. The van der Waals surface area contributed by atoms with Crippen molar-refractivity contribution in [3.63, 3.8) is 0 Å². The summed E-state index contributed by atoms with van der Waals surface area (Å²) >= 11 is 2.16. The van der Waals surface area contributed by atoms with Crippen LogP contribution in [0.2, 0.25) is 0 Å². The predicted molar refractivity (Wildman–Crippen MR) is 53.5 cm³/mol. The van der Waals surface area contributed by atoms with Gasteiger partial charge in [0.15, 0.2) is 9.71 Å². The molecule has 1 atom stereocenters. The number of ketones is 1. The van der Waals surface area contributed by atoms with E-state index < -0.39 is 0 Å². The summed E-state index contributed by atoms with van der Waals surface area (Å²) in [5.41, 5.74) is 2.20. The summed E-state index contributed by atoms with van der Waals surface area (Å²) in [6.45, 7) is 0. The van der Waals surface area contributed by atoms with E-state index >= 15 is 0 Å². The summed E-state index contributed by atoms with van der Waals surface area (Å²) in [4.78, 5) is 11.8. The number of Topliss-reactive ketones (excluding diaryl/α,β-unsaturated/α-hetero) is 1. The number of hydrogen-bond acceptors (Lipinski definition) is 1. The van der Waals surface area contributed by atoms with E-state index in [1.807, 2.05) is 18.2 Å². The maximum absolute atomic E-state index is 11.8. The number of carbonyl (C=O) groups excluding carboxylic acids is 1. The van der Waals surface area contributed by atoms with E-state index in [0.717, 1.165) is 24.8 Å². The Hall–Kier alpha value is -0.380. The first-order chi connectivity index (χ1) is 6.77. The molecule has 14 heavy (non-hydrogen) atoms. The highest BCUT2D eigenvalue weighted by atomic mass is 127. The summed E-state index contributed by atoms with van der Waals surface area (Å²) in [6.07, 6.45) is 4.05. The molecule has 0 bridgehead atoms. The third-order valence-electron chi connectivity index (χ3n) is 2.75. The number of hydrogen-bond donors (Lipinski definition) is 0. The minimum Gasteiger partial charge on any atom is -0.294 e. The maximum atomic E-state index is 11.8. The van der Waals surface area contributed by atoms with E-state index in [1.54, 1.807) is 0 Å². The molecule has 2 heteroatoms. The molecule has 0 aromatic heterocycles. The molecule has 1 aliphatic carbocycles. The van der Waals surface area contributed by atoms with Gasteiger partial charge in [0.05, 0.1) is 0 Å². The van der Waals surface area contributed by atoms with E-state index in [9.17, 15) is 4.79 Å². The van der Waals surface area contributed by atoms with Gasteiger partial charge < -0.3 is 0 Å². The van der Waals surface area contributed by atoms with E-state index in [-0.39, 0.29) is 0 Å². The molecule has 0 heterocycles. The van der Waals surface area contributed by atoms with E-state index in [2.05, 4.69) is 28.7 Å². The molecule has 0 amide bonds. The number of alkyl halides is 1. The zero-order chi connectivity index (χ0) is 9.97. The van der Waals surface area contributed by atoms with Crippen LogP contribution in [0.1, 0.15) is 35.2 Å². The minimum atomic E-state index is 0.328. The van der Waals surface area contributed by atoms with Crippen molar-refractivity contribution in [3.05, 3.63) is 35.4 Å². The number of aryl methyl sites for hydroxylation is 1. The van der Waals surface area contributed by atoms with Gasteiger partial charge in [0.1, 0.15) is 0 Å². The fourth-order valence-electron chi connectivity index (χ4n) is 1.90. The van der Waals surface area contributed by atoms with Crippen molar-refractivity contribution < 1.29 is 27.4 Å². The summed E-state index contributed by atoms with van der Waals surface area (Å²) in [7, 11) is 0. The van der Waals surface area contributed by atoms with Crippen molar-refractivity contribution in [2.24, 2.45) is 0 Å². The lowest BCUT2D eigenvalue weighted by atomic mass is 9.93. The number of benzene rings is 1. The fraction of sp³-hybridized carbons (Fsp3) is 0.417. The summed E-state index contributed by atoms with van der Waals surface area (Å²) in [6, 6.07) is 8.04. The van der Waals surface area contributed by atoms with Gasteiger partial charge in [-0.15, -0.1) is 0 Å². The monoisotopic (exact) mass is 301 g/mol. The number of carbonyl (C=O) groups is 1. The summed E-state index contributed by atoms with van der Waals surface area (Å²) < 4.78 is 0.697. The van der Waals surface area contributed by atoms with Crippen molar-refractivity contribution in [2.75, 3.05) is 0 Å². The second-order valence-electron chi connectivity index (χ2n) is 3.78. The van der Waals surface area contributed by atoms with Crippen LogP contribution in [-0.2, 0) is 6.42 Å². The SMILES string of the molecule is O=C1CCC([IH+])CCc2ccccc21. The van der Waals surface area contributed by atoms with Crippen LogP contribution in [-0.4, -0.2) is 9.71 Å². The molecule has 0 fully saturated rings. The minimum absolute atomic E-state index is 0.328. The Kier molecular flexibility index (Phi) is 3.21. The third-order valence-corrected chi connectivity index (χ3v) is 4.09. The van der Waals surface area contributed by atoms with Crippen molar-refractivity contribution in [1.29, 1.82) is 0 Å². The molecule has 1 aliphatic rings. The molecule has 0 saturated heterocycles. The fourth-order valence-corrected chi connectivity index (χ4v) is 2.57. The third kappa shape index (κ3) is 2.16. The molecule has 1 aromatic rings. The first-order valence-corrected chi connectivity index (χ1v) is 6.39. The molecule has 0 N–H and O–H groups in total. The quantitative estimate of drug-likeness (QED) is 0.455. The van der Waals surface area contributed by atoms with Gasteiger partial charge in [-0.1, -0.05) is 24.3 Å². The van der Waals surface area contributed by atoms with Gasteiger partial charge in [0.2, 0.25) is 0 Å². The standard InChI is InChI=1S/C12H14IO/c13-10-6-5-9-3-1-2-4-11(9)12(14)8-7-10/h1-4,10,13H,5-8H2/q+1. The largest absolute Gasteiger partial charge is 0.294 e. The highest BCUT2D eigenvalue weighted by Gasteiger charge is 2.21. The Labute approximate surface area is 98.0 Å². The number of fused-ring (bicyclic) bond motifs is 1. The van der Waals surface area contributed by atoms with Crippen molar-refractivity contribution in [1.82, 2.24) is 0 Å². The highest BCUT2D eigenvalue weighted by Crippen LogP contribution is 2.18. The van der Waals surface area contributed by atoms with Crippen LogP contribution in [0.3, 0.4) is 0 Å². The van der Waals surface area contributed by atoms with Gasteiger partial charge in [-0.2, -0.15) is 0 Å². The normalized spacial score (nSPS) is 22.4. The zero-order valence-corrected chi connectivity index (χ0v) is 10.4. The van der Waals surface area contributed by atoms with E-state index in [1.165, 1.54) is 12.0 Å². The molecule has 2 rings (SSSR count). The van der Waals surface area contributed by atoms with Crippen LogP contribution in [0, 0.1) is 0 Å². The molecule has 0 saturated carbocycles. The first kappa shape index (κ1) is 10.1.